The second-order valence-corrected chi connectivity index (χ2v) is 7.24. The van der Waals surface area contributed by atoms with Crippen LogP contribution in [0.3, 0.4) is 0 Å². The highest BCUT2D eigenvalue weighted by molar-refractivity contribution is 7.13. The SMILES string of the molecule is c1cnc(N2CCOC[C@@]3(CCCN(c4nccs4)C3)C2)nc1. The second-order valence-electron chi connectivity index (χ2n) is 6.36. The molecule has 122 valence electrons. The summed E-state index contributed by atoms with van der Waals surface area (Å²) in [5.41, 5.74) is 0.125. The predicted octanol–water partition coefficient (Wildman–Crippen LogP) is 2.06. The molecule has 0 radical (unpaired) electrons. The summed E-state index contributed by atoms with van der Waals surface area (Å²) in [5, 5.41) is 3.17. The van der Waals surface area contributed by atoms with E-state index < -0.39 is 0 Å². The van der Waals surface area contributed by atoms with Gasteiger partial charge in [-0.25, -0.2) is 15.0 Å². The first-order valence-corrected chi connectivity index (χ1v) is 8.97. The molecular formula is C16H21N5OS. The standard InChI is InChI=1S/C16H21N5OS/c1-3-16(12-21(7-1)15-19-6-10-23-15)11-20(8-9-22-13-16)14-17-4-2-5-18-14/h2,4-6,10H,1,3,7-9,11-13H2/t16-/m0/s1. The molecule has 2 aliphatic heterocycles. The maximum atomic E-state index is 5.96. The molecule has 7 heteroatoms. The summed E-state index contributed by atoms with van der Waals surface area (Å²) in [5.74, 6) is 0.809. The van der Waals surface area contributed by atoms with E-state index in [4.69, 9.17) is 4.74 Å². The van der Waals surface area contributed by atoms with Gasteiger partial charge in [-0.1, -0.05) is 0 Å². The van der Waals surface area contributed by atoms with E-state index in [1.54, 1.807) is 11.3 Å². The van der Waals surface area contributed by atoms with Crippen molar-refractivity contribution in [2.45, 2.75) is 12.8 Å². The number of piperidine rings is 1. The fraction of sp³-hybridized carbons (Fsp3) is 0.562. The molecule has 2 aromatic rings. The number of hydrogen-bond acceptors (Lipinski definition) is 7. The third kappa shape index (κ3) is 3.16. The van der Waals surface area contributed by atoms with Crippen LogP contribution in [0.4, 0.5) is 11.1 Å². The summed E-state index contributed by atoms with van der Waals surface area (Å²) in [6.45, 7) is 5.40. The van der Waals surface area contributed by atoms with E-state index in [0.29, 0.717) is 0 Å². The molecule has 1 atom stereocenters. The van der Waals surface area contributed by atoms with Crippen molar-refractivity contribution in [1.82, 2.24) is 15.0 Å². The number of hydrogen-bond donors (Lipinski definition) is 0. The van der Waals surface area contributed by atoms with Crippen molar-refractivity contribution in [2.75, 3.05) is 49.2 Å². The first-order chi connectivity index (χ1) is 11.3. The van der Waals surface area contributed by atoms with Crippen molar-refractivity contribution in [2.24, 2.45) is 5.41 Å². The van der Waals surface area contributed by atoms with Gasteiger partial charge in [0, 0.05) is 55.6 Å². The van der Waals surface area contributed by atoms with Gasteiger partial charge in [0.25, 0.3) is 0 Å². The summed E-state index contributed by atoms with van der Waals surface area (Å²) in [7, 11) is 0. The van der Waals surface area contributed by atoms with Gasteiger partial charge in [-0.05, 0) is 18.9 Å². The maximum Gasteiger partial charge on any atom is 0.225 e. The predicted molar refractivity (Wildman–Crippen MR) is 91.1 cm³/mol. The fourth-order valence-corrected chi connectivity index (χ4v) is 4.28. The Bertz CT molecular complexity index is 623. The molecule has 0 bridgehead atoms. The Morgan fingerprint density at radius 1 is 1.04 bits per heavy atom. The molecule has 0 unspecified atom stereocenters. The van der Waals surface area contributed by atoms with Crippen LogP contribution in [0.15, 0.2) is 30.0 Å². The van der Waals surface area contributed by atoms with E-state index in [2.05, 4.69) is 24.8 Å². The third-order valence-electron chi connectivity index (χ3n) is 4.63. The molecule has 2 aromatic heterocycles. The third-order valence-corrected chi connectivity index (χ3v) is 5.46. The first kappa shape index (κ1) is 14.8. The molecule has 0 N–H and O–H groups in total. The van der Waals surface area contributed by atoms with Crippen LogP contribution in [-0.2, 0) is 4.74 Å². The van der Waals surface area contributed by atoms with E-state index in [1.807, 2.05) is 30.0 Å². The number of anilines is 2. The van der Waals surface area contributed by atoms with Crippen molar-refractivity contribution in [1.29, 1.82) is 0 Å². The lowest BCUT2D eigenvalue weighted by Gasteiger charge is -2.43. The molecule has 0 amide bonds. The monoisotopic (exact) mass is 331 g/mol. The lowest BCUT2D eigenvalue weighted by atomic mass is 9.80. The Morgan fingerprint density at radius 2 is 1.91 bits per heavy atom. The van der Waals surface area contributed by atoms with Crippen LogP contribution in [0.2, 0.25) is 0 Å². The highest BCUT2D eigenvalue weighted by Crippen LogP contribution is 2.36. The van der Waals surface area contributed by atoms with Gasteiger partial charge in [-0.15, -0.1) is 11.3 Å². The Hall–Kier alpha value is -1.73. The topological polar surface area (TPSA) is 54.4 Å². The van der Waals surface area contributed by atoms with Crippen molar-refractivity contribution in [3.63, 3.8) is 0 Å². The fourth-order valence-electron chi connectivity index (χ4n) is 3.61. The number of ether oxygens (including phenoxy) is 1. The van der Waals surface area contributed by atoms with E-state index in [0.717, 1.165) is 50.5 Å². The zero-order valence-electron chi connectivity index (χ0n) is 13.1. The van der Waals surface area contributed by atoms with Crippen LogP contribution in [-0.4, -0.2) is 54.3 Å². The number of nitrogens with zero attached hydrogens (tertiary/aromatic N) is 5. The van der Waals surface area contributed by atoms with Crippen molar-refractivity contribution >= 4 is 22.4 Å². The molecule has 4 rings (SSSR count). The Labute approximate surface area is 140 Å². The molecule has 1 spiro atoms. The van der Waals surface area contributed by atoms with Gasteiger partial charge in [0.15, 0.2) is 5.13 Å². The minimum atomic E-state index is 0.125. The normalized spacial score (nSPS) is 25.6. The summed E-state index contributed by atoms with van der Waals surface area (Å²) in [6, 6.07) is 1.86. The molecule has 4 heterocycles. The van der Waals surface area contributed by atoms with Crippen molar-refractivity contribution < 1.29 is 4.74 Å². The largest absolute Gasteiger partial charge is 0.379 e. The van der Waals surface area contributed by atoms with Crippen LogP contribution in [0.25, 0.3) is 0 Å². The van der Waals surface area contributed by atoms with Gasteiger partial charge >= 0.3 is 0 Å². The summed E-state index contributed by atoms with van der Waals surface area (Å²) in [4.78, 5) is 18.0. The first-order valence-electron chi connectivity index (χ1n) is 8.09. The van der Waals surface area contributed by atoms with Gasteiger partial charge in [-0.3, -0.25) is 0 Å². The Balaban J connectivity index is 1.56. The van der Waals surface area contributed by atoms with Gasteiger partial charge in [0.1, 0.15) is 0 Å². The lowest BCUT2D eigenvalue weighted by Crippen LogP contribution is -2.51. The average molecular weight is 331 g/mol. The van der Waals surface area contributed by atoms with Gasteiger partial charge in [-0.2, -0.15) is 0 Å². The zero-order valence-corrected chi connectivity index (χ0v) is 13.9. The average Bonchev–Trinajstić information content (AvgIpc) is 3.06. The van der Waals surface area contributed by atoms with Crippen LogP contribution in [0.5, 0.6) is 0 Å². The minimum absolute atomic E-state index is 0.125. The second kappa shape index (κ2) is 6.41. The lowest BCUT2D eigenvalue weighted by molar-refractivity contribution is 0.0598. The highest BCUT2D eigenvalue weighted by Gasteiger charge is 2.40. The van der Waals surface area contributed by atoms with Crippen LogP contribution in [0.1, 0.15) is 12.8 Å². The Morgan fingerprint density at radius 3 is 2.74 bits per heavy atom. The van der Waals surface area contributed by atoms with E-state index in [1.165, 1.54) is 12.8 Å². The molecule has 2 aliphatic rings. The molecule has 23 heavy (non-hydrogen) atoms. The van der Waals surface area contributed by atoms with E-state index in [9.17, 15) is 0 Å². The number of thiazole rings is 1. The summed E-state index contributed by atoms with van der Waals surface area (Å²) in [6.07, 6.45) is 7.85. The van der Waals surface area contributed by atoms with Gasteiger partial charge in [0.2, 0.25) is 5.95 Å². The quantitative estimate of drug-likeness (QED) is 0.839. The molecular weight excluding hydrogens is 310 g/mol. The smallest absolute Gasteiger partial charge is 0.225 e. The van der Waals surface area contributed by atoms with Gasteiger partial charge in [0.05, 0.1) is 13.2 Å². The molecule has 2 fully saturated rings. The van der Waals surface area contributed by atoms with E-state index >= 15 is 0 Å². The Kier molecular flexibility index (Phi) is 4.13. The van der Waals surface area contributed by atoms with Crippen molar-refractivity contribution in [3.05, 3.63) is 30.0 Å². The van der Waals surface area contributed by atoms with Crippen LogP contribution in [0, 0.1) is 5.41 Å². The zero-order chi connectivity index (χ0) is 15.5. The van der Waals surface area contributed by atoms with Gasteiger partial charge < -0.3 is 14.5 Å². The molecule has 0 saturated carbocycles. The highest BCUT2D eigenvalue weighted by atomic mass is 32.1. The van der Waals surface area contributed by atoms with E-state index in [-0.39, 0.29) is 5.41 Å². The summed E-state index contributed by atoms with van der Waals surface area (Å²) >= 11 is 1.71. The number of aromatic nitrogens is 3. The molecule has 2 saturated heterocycles. The molecule has 6 nitrogen and oxygen atoms in total. The molecule has 0 aromatic carbocycles. The maximum absolute atomic E-state index is 5.96. The molecule has 0 aliphatic carbocycles. The number of rotatable bonds is 2. The van der Waals surface area contributed by atoms with Crippen LogP contribution < -0.4 is 9.80 Å². The minimum Gasteiger partial charge on any atom is -0.379 e. The summed E-state index contributed by atoms with van der Waals surface area (Å²) < 4.78 is 5.96. The van der Waals surface area contributed by atoms with Crippen LogP contribution >= 0.6 is 11.3 Å². The van der Waals surface area contributed by atoms with Crippen molar-refractivity contribution in [3.8, 4) is 0 Å².